The predicted molar refractivity (Wildman–Crippen MR) is 130 cm³/mol. The Balaban J connectivity index is 0.000000654. The van der Waals surface area contributed by atoms with Crippen LogP contribution in [0.25, 0.3) is 0 Å². The highest BCUT2D eigenvalue weighted by atomic mass is 16.5. The van der Waals surface area contributed by atoms with E-state index >= 15 is 0 Å². The molecule has 0 bridgehead atoms. The number of ether oxygens (including phenoxy) is 1. The largest absolute Gasteiger partial charge is 0.385 e. The number of hydrogen-bond donors (Lipinski definition) is 1. The van der Waals surface area contributed by atoms with Crippen molar-refractivity contribution < 1.29 is 14.3 Å². The van der Waals surface area contributed by atoms with Crippen molar-refractivity contribution in [1.29, 1.82) is 0 Å². The van der Waals surface area contributed by atoms with Gasteiger partial charge in [0.05, 0.1) is 0 Å². The van der Waals surface area contributed by atoms with Crippen molar-refractivity contribution in [2.75, 3.05) is 39.9 Å². The first kappa shape index (κ1) is 26.3. The normalized spacial score (nSPS) is 18.2. The molecule has 2 amide bonds. The van der Waals surface area contributed by atoms with Crippen LogP contribution in [-0.4, -0.2) is 68.1 Å². The van der Waals surface area contributed by atoms with E-state index in [9.17, 15) is 9.59 Å². The first-order valence-electron chi connectivity index (χ1n) is 12.3. The van der Waals surface area contributed by atoms with Gasteiger partial charge in [-0.3, -0.25) is 14.5 Å². The lowest BCUT2D eigenvalue weighted by Crippen LogP contribution is -2.44. The minimum Gasteiger partial charge on any atom is -0.385 e. The Kier molecular flexibility index (Phi) is 11.7. The van der Waals surface area contributed by atoms with Gasteiger partial charge in [0.15, 0.2) is 0 Å². The number of methoxy groups -OCH3 is 1. The second-order valence-corrected chi connectivity index (χ2v) is 9.40. The van der Waals surface area contributed by atoms with Gasteiger partial charge in [0, 0.05) is 45.0 Å². The fourth-order valence-corrected chi connectivity index (χ4v) is 4.52. The maximum atomic E-state index is 12.7. The quantitative estimate of drug-likeness (QED) is 0.616. The van der Waals surface area contributed by atoms with Crippen molar-refractivity contribution in [1.82, 2.24) is 15.1 Å². The third kappa shape index (κ3) is 8.55. The highest BCUT2D eigenvalue weighted by Gasteiger charge is 2.24. The zero-order valence-electron chi connectivity index (χ0n) is 20.5. The zero-order chi connectivity index (χ0) is 23.3. The summed E-state index contributed by atoms with van der Waals surface area (Å²) < 4.78 is 4.69. The summed E-state index contributed by atoms with van der Waals surface area (Å²) in [6.07, 6.45) is 6.12. The summed E-state index contributed by atoms with van der Waals surface area (Å²) >= 11 is 0. The molecule has 0 unspecified atom stereocenters. The van der Waals surface area contributed by atoms with E-state index in [0.29, 0.717) is 13.1 Å². The standard InChI is InChI=1S/C22H33N3O2.C4H10O/c1-17(2)19-7-11-24(12-8-19)15-18-3-5-20(6-4-18)22(27)25-13-9-21(10-14-25)23-16-26;1-3-4-5-2/h3-6,16-17,19,21H,7-15H2,1-2H3,(H,23,26);3-4H2,1-2H3. The average molecular weight is 446 g/mol. The molecule has 3 rings (SSSR count). The molecule has 1 aromatic rings. The molecule has 1 N–H and O–H groups in total. The molecular formula is C26H43N3O3. The summed E-state index contributed by atoms with van der Waals surface area (Å²) in [6, 6.07) is 8.34. The fourth-order valence-electron chi connectivity index (χ4n) is 4.52. The lowest BCUT2D eigenvalue weighted by molar-refractivity contribution is -0.110. The molecule has 0 saturated carbocycles. The van der Waals surface area contributed by atoms with Crippen LogP contribution >= 0.6 is 0 Å². The molecular weight excluding hydrogens is 402 g/mol. The molecule has 0 spiro atoms. The van der Waals surface area contributed by atoms with Crippen molar-refractivity contribution in [3.8, 4) is 0 Å². The number of benzene rings is 1. The summed E-state index contributed by atoms with van der Waals surface area (Å²) in [5, 5.41) is 2.82. The Bertz CT molecular complexity index is 659. The molecule has 32 heavy (non-hydrogen) atoms. The molecule has 6 heteroatoms. The maximum absolute atomic E-state index is 12.7. The molecule has 0 radical (unpaired) electrons. The first-order chi connectivity index (χ1) is 15.5. The Morgan fingerprint density at radius 1 is 1.09 bits per heavy atom. The van der Waals surface area contributed by atoms with E-state index in [2.05, 4.69) is 43.1 Å². The SMILES string of the molecule is CC(C)C1CCN(Cc2ccc(C(=O)N3CCC(NC=O)CC3)cc2)CC1.CCCOC. The van der Waals surface area contributed by atoms with Gasteiger partial charge in [0.1, 0.15) is 0 Å². The Hall–Kier alpha value is -1.92. The molecule has 2 aliphatic rings. The first-order valence-corrected chi connectivity index (χ1v) is 12.3. The van der Waals surface area contributed by atoms with Crippen molar-refractivity contribution in [3.63, 3.8) is 0 Å². The summed E-state index contributed by atoms with van der Waals surface area (Å²) in [5.41, 5.74) is 2.04. The van der Waals surface area contributed by atoms with Gasteiger partial charge in [0.25, 0.3) is 5.91 Å². The highest BCUT2D eigenvalue weighted by Crippen LogP contribution is 2.25. The van der Waals surface area contributed by atoms with Crippen molar-refractivity contribution in [2.24, 2.45) is 11.8 Å². The average Bonchev–Trinajstić information content (AvgIpc) is 2.81. The lowest BCUT2D eigenvalue weighted by atomic mass is 9.86. The van der Waals surface area contributed by atoms with Crippen LogP contribution in [0.2, 0.25) is 0 Å². The van der Waals surface area contributed by atoms with E-state index in [1.54, 1.807) is 7.11 Å². The van der Waals surface area contributed by atoms with Crippen LogP contribution < -0.4 is 5.32 Å². The Labute approximate surface area is 194 Å². The van der Waals surface area contributed by atoms with Gasteiger partial charge < -0.3 is 15.0 Å². The molecule has 0 aliphatic carbocycles. The molecule has 2 saturated heterocycles. The number of nitrogens with one attached hydrogen (secondary N) is 1. The van der Waals surface area contributed by atoms with Crippen LogP contribution in [0.4, 0.5) is 0 Å². The van der Waals surface area contributed by atoms with Crippen molar-refractivity contribution in [3.05, 3.63) is 35.4 Å². The number of nitrogens with zero attached hydrogens (tertiary/aromatic N) is 2. The van der Waals surface area contributed by atoms with Gasteiger partial charge >= 0.3 is 0 Å². The molecule has 0 atom stereocenters. The number of hydrogen-bond acceptors (Lipinski definition) is 4. The van der Waals surface area contributed by atoms with Crippen molar-refractivity contribution >= 4 is 12.3 Å². The van der Waals surface area contributed by atoms with Gasteiger partial charge in [-0.1, -0.05) is 32.9 Å². The van der Waals surface area contributed by atoms with E-state index in [4.69, 9.17) is 4.74 Å². The Morgan fingerprint density at radius 3 is 2.19 bits per heavy atom. The van der Waals surface area contributed by atoms with E-state index in [0.717, 1.165) is 56.2 Å². The molecule has 180 valence electrons. The van der Waals surface area contributed by atoms with Crippen LogP contribution in [0, 0.1) is 11.8 Å². The zero-order valence-corrected chi connectivity index (χ0v) is 20.5. The smallest absolute Gasteiger partial charge is 0.253 e. The van der Waals surface area contributed by atoms with Gasteiger partial charge in [-0.15, -0.1) is 0 Å². The van der Waals surface area contributed by atoms with Crippen LogP contribution in [0.5, 0.6) is 0 Å². The number of carbonyl (C=O) groups excluding carboxylic acids is 2. The van der Waals surface area contributed by atoms with Crippen LogP contribution in [0.15, 0.2) is 24.3 Å². The second kappa shape index (κ2) is 14.3. The van der Waals surface area contributed by atoms with Crippen LogP contribution in [0.3, 0.4) is 0 Å². The molecule has 2 aliphatic heterocycles. The van der Waals surface area contributed by atoms with E-state index in [-0.39, 0.29) is 11.9 Å². The van der Waals surface area contributed by atoms with Gasteiger partial charge in [-0.2, -0.15) is 0 Å². The van der Waals surface area contributed by atoms with Crippen LogP contribution in [0.1, 0.15) is 68.8 Å². The lowest BCUT2D eigenvalue weighted by Gasteiger charge is -2.34. The van der Waals surface area contributed by atoms with E-state index in [1.165, 1.54) is 31.5 Å². The van der Waals surface area contributed by atoms with Gasteiger partial charge in [0.2, 0.25) is 6.41 Å². The predicted octanol–water partition coefficient (Wildman–Crippen LogP) is 3.95. The third-order valence-corrected chi connectivity index (χ3v) is 6.68. The maximum Gasteiger partial charge on any atom is 0.253 e. The van der Waals surface area contributed by atoms with Gasteiger partial charge in [-0.25, -0.2) is 0 Å². The number of rotatable bonds is 8. The third-order valence-electron chi connectivity index (χ3n) is 6.68. The monoisotopic (exact) mass is 445 g/mol. The van der Waals surface area contributed by atoms with E-state index in [1.807, 2.05) is 17.0 Å². The molecule has 2 fully saturated rings. The van der Waals surface area contributed by atoms with Crippen LogP contribution in [-0.2, 0) is 16.1 Å². The minimum absolute atomic E-state index is 0.101. The molecule has 0 aromatic heterocycles. The summed E-state index contributed by atoms with van der Waals surface area (Å²) in [5.74, 6) is 1.76. The number of amides is 2. The Morgan fingerprint density at radius 2 is 1.72 bits per heavy atom. The number of carbonyl (C=O) groups is 2. The highest BCUT2D eigenvalue weighted by molar-refractivity contribution is 5.94. The fraction of sp³-hybridized carbons (Fsp3) is 0.692. The molecule has 1 aromatic carbocycles. The summed E-state index contributed by atoms with van der Waals surface area (Å²) in [7, 11) is 1.71. The summed E-state index contributed by atoms with van der Waals surface area (Å²) in [4.78, 5) is 27.7. The number of likely N-dealkylation sites (tertiary alicyclic amines) is 2. The molecule has 2 heterocycles. The minimum atomic E-state index is 0.101. The van der Waals surface area contributed by atoms with E-state index < -0.39 is 0 Å². The topological polar surface area (TPSA) is 61.9 Å². The number of piperidine rings is 2. The van der Waals surface area contributed by atoms with Crippen molar-refractivity contribution in [2.45, 2.75) is 65.5 Å². The second-order valence-electron chi connectivity index (χ2n) is 9.40. The van der Waals surface area contributed by atoms with Gasteiger partial charge in [-0.05, 0) is 74.7 Å². The summed E-state index contributed by atoms with van der Waals surface area (Å²) in [6.45, 7) is 12.4. The molecule has 6 nitrogen and oxygen atoms in total.